The van der Waals surface area contributed by atoms with Crippen LogP contribution in [0.15, 0.2) is 59.4 Å². The SMILES string of the molecule is CCC(NC(=O)c1nn(-c2ccccc2Cl)c(C)cc1=O)c1ccc(OC)cc1. The molecule has 1 unspecified atom stereocenters. The first-order chi connectivity index (χ1) is 13.9. The van der Waals surface area contributed by atoms with Crippen molar-refractivity contribution in [3.63, 3.8) is 0 Å². The molecule has 1 N–H and O–H groups in total. The molecule has 0 aliphatic heterocycles. The van der Waals surface area contributed by atoms with E-state index in [1.807, 2.05) is 37.3 Å². The Hall–Kier alpha value is -3.12. The van der Waals surface area contributed by atoms with Gasteiger partial charge in [-0.1, -0.05) is 42.8 Å². The fourth-order valence-electron chi connectivity index (χ4n) is 3.06. The lowest BCUT2D eigenvalue weighted by atomic mass is 10.0. The molecular formula is C22H22ClN3O3. The van der Waals surface area contributed by atoms with Crippen LogP contribution in [0.2, 0.25) is 5.02 Å². The van der Waals surface area contributed by atoms with Crippen LogP contribution < -0.4 is 15.5 Å². The first-order valence-electron chi connectivity index (χ1n) is 9.25. The van der Waals surface area contributed by atoms with Gasteiger partial charge in [-0.05, 0) is 43.2 Å². The number of carbonyl (C=O) groups excluding carboxylic acids is 1. The number of rotatable bonds is 6. The van der Waals surface area contributed by atoms with Crippen LogP contribution in [0.3, 0.4) is 0 Å². The molecule has 150 valence electrons. The molecule has 29 heavy (non-hydrogen) atoms. The molecule has 0 bridgehead atoms. The summed E-state index contributed by atoms with van der Waals surface area (Å²) in [5.74, 6) is 0.205. The maximum absolute atomic E-state index is 12.9. The molecule has 1 amide bonds. The summed E-state index contributed by atoms with van der Waals surface area (Å²) < 4.78 is 6.68. The number of hydrogen-bond acceptors (Lipinski definition) is 4. The molecule has 1 heterocycles. The summed E-state index contributed by atoms with van der Waals surface area (Å²) in [5, 5.41) is 7.68. The minimum absolute atomic E-state index is 0.178. The Morgan fingerprint density at radius 1 is 1.21 bits per heavy atom. The first kappa shape index (κ1) is 20.6. The van der Waals surface area contributed by atoms with Gasteiger partial charge in [-0.25, -0.2) is 4.68 Å². The maximum atomic E-state index is 12.9. The molecule has 3 rings (SSSR count). The van der Waals surface area contributed by atoms with Gasteiger partial charge in [0.25, 0.3) is 5.91 Å². The lowest BCUT2D eigenvalue weighted by Crippen LogP contribution is -2.34. The maximum Gasteiger partial charge on any atom is 0.276 e. The van der Waals surface area contributed by atoms with E-state index in [-0.39, 0.29) is 11.7 Å². The van der Waals surface area contributed by atoms with Crippen LogP contribution in [0.4, 0.5) is 0 Å². The fourth-order valence-corrected chi connectivity index (χ4v) is 3.27. The van der Waals surface area contributed by atoms with Gasteiger partial charge in [0, 0.05) is 11.8 Å². The highest BCUT2D eigenvalue weighted by Gasteiger charge is 2.20. The Morgan fingerprint density at radius 3 is 2.52 bits per heavy atom. The van der Waals surface area contributed by atoms with Crippen LogP contribution in [0, 0.1) is 6.92 Å². The summed E-state index contributed by atoms with van der Waals surface area (Å²) in [4.78, 5) is 25.3. The lowest BCUT2D eigenvalue weighted by molar-refractivity contribution is 0.0927. The van der Waals surface area contributed by atoms with Crippen LogP contribution in [0.25, 0.3) is 5.69 Å². The van der Waals surface area contributed by atoms with Crippen molar-refractivity contribution in [1.82, 2.24) is 15.1 Å². The second-order valence-corrected chi connectivity index (χ2v) is 6.98. The molecule has 0 saturated heterocycles. The predicted octanol–water partition coefficient (Wildman–Crippen LogP) is 4.08. The summed E-state index contributed by atoms with van der Waals surface area (Å²) in [6.45, 7) is 3.70. The molecule has 2 aromatic carbocycles. The van der Waals surface area contributed by atoms with E-state index in [0.717, 1.165) is 11.3 Å². The number of halogens is 1. The monoisotopic (exact) mass is 411 g/mol. The minimum Gasteiger partial charge on any atom is -0.497 e. The molecule has 1 atom stereocenters. The van der Waals surface area contributed by atoms with Crippen LogP contribution >= 0.6 is 11.6 Å². The first-order valence-corrected chi connectivity index (χ1v) is 9.63. The average molecular weight is 412 g/mol. The molecule has 3 aromatic rings. The highest BCUT2D eigenvalue weighted by atomic mass is 35.5. The van der Waals surface area contributed by atoms with Crippen molar-refractivity contribution in [1.29, 1.82) is 0 Å². The zero-order valence-electron chi connectivity index (χ0n) is 16.5. The van der Waals surface area contributed by atoms with Crippen LogP contribution in [-0.4, -0.2) is 22.8 Å². The minimum atomic E-state index is -0.529. The third kappa shape index (κ3) is 4.49. The molecule has 0 saturated carbocycles. The van der Waals surface area contributed by atoms with Crippen molar-refractivity contribution < 1.29 is 9.53 Å². The van der Waals surface area contributed by atoms with Crippen molar-refractivity contribution in [3.8, 4) is 11.4 Å². The number of amides is 1. The van der Waals surface area contributed by atoms with E-state index in [1.54, 1.807) is 32.2 Å². The summed E-state index contributed by atoms with van der Waals surface area (Å²) in [5.41, 5.74) is 1.49. The smallest absolute Gasteiger partial charge is 0.276 e. The Balaban J connectivity index is 1.93. The van der Waals surface area contributed by atoms with Crippen molar-refractivity contribution in [2.75, 3.05) is 7.11 Å². The average Bonchev–Trinajstić information content (AvgIpc) is 2.73. The van der Waals surface area contributed by atoms with Gasteiger partial charge in [0.05, 0.1) is 23.9 Å². The number of ether oxygens (including phenoxy) is 1. The zero-order chi connectivity index (χ0) is 21.0. The van der Waals surface area contributed by atoms with Crippen molar-refractivity contribution >= 4 is 17.5 Å². The molecule has 1 aromatic heterocycles. The summed E-state index contributed by atoms with van der Waals surface area (Å²) in [6.07, 6.45) is 0.655. The molecule has 0 aliphatic carbocycles. The van der Waals surface area contributed by atoms with Crippen molar-refractivity contribution in [2.24, 2.45) is 0 Å². The van der Waals surface area contributed by atoms with E-state index >= 15 is 0 Å². The van der Waals surface area contributed by atoms with E-state index in [9.17, 15) is 9.59 Å². The van der Waals surface area contributed by atoms with E-state index in [1.165, 1.54) is 10.7 Å². The summed E-state index contributed by atoms with van der Waals surface area (Å²) in [7, 11) is 1.60. The van der Waals surface area contributed by atoms with Gasteiger partial charge in [-0.15, -0.1) is 0 Å². The number of methoxy groups -OCH3 is 1. The molecule has 6 nitrogen and oxygen atoms in total. The number of aromatic nitrogens is 2. The Bertz CT molecular complexity index is 1080. The Labute approximate surface area is 174 Å². The number of nitrogens with zero attached hydrogens (tertiary/aromatic N) is 2. The number of hydrogen-bond donors (Lipinski definition) is 1. The second-order valence-electron chi connectivity index (χ2n) is 6.57. The molecular weight excluding hydrogens is 390 g/mol. The van der Waals surface area contributed by atoms with Gasteiger partial charge in [0.2, 0.25) is 5.43 Å². The molecule has 7 heteroatoms. The standard InChI is InChI=1S/C22H22ClN3O3/c1-4-18(15-9-11-16(29-3)12-10-15)24-22(28)21-20(27)13-14(2)26(25-21)19-8-6-5-7-17(19)23/h5-13,18H,4H2,1-3H3,(H,24,28). The molecule has 0 aliphatic rings. The number of carbonyl (C=O) groups is 1. The number of para-hydroxylation sites is 1. The third-order valence-electron chi connectivity index (χ3n) is 4.63. The van der Waals surface area contributed by atoms with Gasteiger partial charge in [-0.2, -0.15) is 5.10 Å². The van der Waals surface area contributed by atoms with E-state index in [4.69, 9.17) is 16.3 Å². The summed E-state index contributed by atoms with van der Waals surface area (Å²) >= 11 is 6.26. The summed E-state index contributed by atoms with van der Waals surface area (Å²) in [6, 6.07) is 15.7. The zero-order valence-corrected chi connectivity index (χ0v) is 17.2. The van der Waals surface area contributed by atoms with Gasteiger partial charge in [0.1, 0.15) is 5.75 Å². The quantitative estimate of drug-likeness (QED) is 0.663. The van der Waals surface area contributed by atoms with Crippen LogP contribution in [0.5, 0.6) is 5.75 Å². The largest absolute Gasteiger partial charge is 0.497 e. The molecule has 0 fully saturated rings. The topological polar surface area (TPSA) is 73.2 Å². The normalized spacial score (nSPS) is 11.7. The van der Waals surface area contributed by atoms with Gasteiger partial charge in [-0.3, -0.25) is 9.59 Å². The van der Waals surface area contributed by atoms with Crippen LogP contribution in [0.1, 0.15) is 41.1 Å². The number of nitrogens with one attached hydrogen (secondary N) is 1. The van der Waals surface area contributed by atoms with Crippen molar-refractivity contribution in [3.05, 3.63) is 86.8 Å². The molecule has 0 spiro atoms. The third-order valence-corrected chi connectivity index (χ3v) is 4.95. The highest BCUT2D eigenvalue weighted by molar-refractivity contribution is 6.32. The molecule has 0 radical (unpaired) electrons. The Kier molecular flexibility index (Phi) is 6.34. The van der Waals surface area contributed by atoms with E-state index in [0.29, 0.717) is 22.8 Å². The van der Waals surface area contributed by atoms with Gasteiger partial charge >= 0.3 is 0 Å². The number of benzene rings is 2. The predicted molar refractivity (Wildman–Crippen MR) is 113 cm³/mol. The lowest BCUT2D eigenvalue weighted by Gasteiger charge is -2.18. The fraction of sp³-hybridized carbons (Fsp3) is 0.227. The number of aryl methyl sites for hydroxylation is 1. The highest BCUT2D eigenvalue weighted by Crippen LogP contribution is 2.21. The van der Waals surface area contributed by atoms with E-state index < -0.39 is 11.3 Å². The van der Waals surface area contributed by atoms with E-state index in [2.05, 4.69) is 10.4 Å². The van der Waals surface area contributed by atoms with Gasteiger partial charge < -0.3 is 10.1 Å². The Morgan fingerprint density at radius 2 is 1.90 bits per heavy atom. The van der Waals surface area contributed by atoms with Gasteiger partial charge in [0.15, 0.2) is 5.69 Å². The second kappa shape index (κ2) is 8.92. The van der Waals surface area contributed by atoms with Crippen LogP contribution in [-0.2, 0) is 0 Å². The van der Waals surface area contributed by atoms with Crippen molar-refractivity contribution in [2.45, 2.75) is 26.3 Å².